The summed E-state index contributed by atoms with van der Waals surface area (Å²) in [4.78, 5) is 25.8. The molecule has 7 heteroatoms. The third kappa shape index (κ3) is 5.36. The summed E-state index contributed by atoms with van der Waals surface area (Å²) in [5, 5.41) is 0. The molecular weight excluding hydrogens is 338 g/mol. The highest BCUT2D eigenvalue weighted by Gasteiger charge is 2.42. The van der Waals surface area contributed by atoms with E-state index in [1.54, 1.807) is 27.9 Å². The Kier molecular flexibility index (Phi) is 6.47. The normalized spacial score (nSPS) is 20.0. The average Bonchev–Trinajstić information content (AvgIpc) is 3.03. The van der Waals surface area contributed by atoms with E-state index in [1.807, 2.05) is 24.3 Å². The van der Waals surface area contributed by atoms with Crippen LogP contribution >= 0.6 is 0 Å². The standard InChI is InChI=1S/C19H27NO6/c1-19(2,3)26-18(22)20-11-15(10-16(20)17(21)24-5)25-12-13-6-8-14(23-4)9-7-13/h6-9,15-16H,10-12H2,1-5H3/t15-,16-/m1/s1. The second-order valence-electron chi connectivity index (χ2n) is 7.19. The Hall–Kier alpha value is -2.28. The van der Waals surface area contributed by atoms with Gasteiger partial charge in [0.25, 0.3) is 0 Å². The number of methoxy groups -OCH3 is 2. The maximum absolute atomic E-state index is 12.4. The van der Waals surface area contributed by atoms with Gasteiger partial charge in [0.15, 0.2) is 0 Å². The number of esters is 1. The number of benzene rings is 1. The van der Waals surface area contributed by atoms with Gasteiger partial charge in [-0.1, -0.05) is 12.1 Å². The molecule has 1 fully saturated rings. The number of carbonyl (C=O) groups is 2. The highest BCUT2D eigenvalue weighted by Crippen LogP contribution is 2.25. The van der Waals surface area contributed by atoms with Gasteiger partial charge in [0.2, 0.25) is 0 Å². The predicted octanol–water partition coefficient (Wildman–Crippen LogP) is 2.76. The number of amides is 1. The van der Waals surface area contributed by atoms with Gasteiger partial charge >= 0.3 is 12.1 Å². The summed E-state index contributed by atoms with van der Waals surface area (Å²) in [6, 6.07) is 6.85. The van der Waals surface area contributed by atoms with Crippen LogP contribution in [0.5, 0.6) is 5.75 Å². The fourth-order valence-electron chi connectivity index (χ4n) is 2.74. The van der Waals surface area contributed by atoms with E-state index < -0.39 is 23.7 Å². The summed E-state index contributed by atoms with van der Waals surface area (Å²) in [5.74, 6) is 0.308. The molecule has 2 atom stereocenters. The van der Waals surface area contributed by atoms with Gasteiger partial charge in [-0.2, -0.15) is 0 Å². The Morgan fingerprint density at radius 2 is 1.81 bits per heavy atom. The van der Waals surface area contributed by atoms with Crippen molar-refractivity contribution < 1.29 is 28.5 Å². The first-order valence-electron chi connectivity index (χ1n) is 8.55. The van der Waals surface area contributed by atoms with Gasteiger partial charge in [-0.15, -0.1) is 0 Å². The van der Waals surface area contributed by atoms with E-state index in [1.165, 1.54) is 12.0 Å². The van der Waals surface area contributed by atoms with Gasteiger partial charge in [0, 0.05) is 6.42 Å². The Bertz CT molecular complexity index is 622. The number of hydrogen-bond acceptors (Lipinski definition) is 6. The van der Waals surface area contributed by atoms with Crippen molar-refractivity contribution in [3.05, 3.63) is 29.8 Å². The van der Waals surface area contributed by atoms with Crippen LogP contribution in [0.25, 0.3) is 0 Å². The van der Waals surface area contributed by atoms with E-state index in [9.17, 15) is 9.59 Å². The van der Waals surface area contributed by atoms with Crippen molar-refractivity contribution in [3.8, 4) is 5.75 Å². The van der Waals surface area contributed by atoms with Crippen molar-refractivity contribution in [1.29, 1.82) is 0 Å². The molecule has 0 radical (unpaired) electrons. The fourth-order valence-corrected chi connectivity index (χ4v) is 2.74. The second-order valence-corrected chi connectivity index (χ2v) is 7.19. The first-order chi connectivity index (χ1) is 12.2. The summed E-state index contributed by atoms with van der Waals surface area (Å²) in [7, 11) is 2.92. The Morgan fingerprint density at radius 3 is 2.35 bits per heavy atom. The molecule has 26 heavy (non-hydrogen) atoms. The Balaban J connectivity index is 1.99. The van der Waals surface area contributed by atoms with Crippen molar-refractivity contribution >= 4 is 12.1 Å². The molecule has 1 aliphatic rings. The molecule has 1 aromatic carbocycles. The summed E-state index contributed by atoms with van der Waals surface area (Å²) < 4.78 is 21.2. The number of nitrogens with zero attached hydrogens (tertiary/aromatic N) is 1. The number of rotatable bonds is 5. The summed E-state index contributed by atoms with van der Waals surface area (Å²) in [6.45, 7) is 6.01. The molecule has 1 saturated heterocycles. The molecule has 0 unspecified atom stereocenters. The quantitative estimate of drug-likeness (QED) is 0.747. The molecule has 0 saturated carbocycles. The number of ether oxygens (including phenoxy) is 4. The predicted molar refractivity (Wildman–Crippen MR) is 94.9 cm³/mol. The molecule has 0 aliphatic carbocycles. The minimum atomic E-state index is -0.698. The molecule has 1 heterocycles. The number of hydrogen-bond donors (Lipinski definition) is 0. The monoisotopic (exact) mass is 365 g/mol. The minimum Gasteiger partial charge on any atom is -0.497 e. The molecule has 1 aliphatic heterocycles. The average molecular weight is 365 g/mol. The van der Waals surface area contributed by atoms with Crippen molar-refractivity contribution in [1.82, 2.24) is 4.90 Å². The smallest absolute Gasteiger partial charge is 0.411 e. The van der Waals surface area contributed by atoms with E-state index in [4.69, 9.17) is 18.9 Å². The maximum Gasteiger partial charge on any atom is 0.411 e. The number of likely N-dealkylation sites (tertiary alicyclic amines) is 1. The van der Waals surface area contributed by atoms with Gasteiger partial charge in [-0.05, 0) is 38.5 Å². The first kappa shape index (κ1) is 20.0. The van der Waals surface area contributed by atoms with Crippen LogP contribution in [0.15, 0.2) is 24.3 Å². The van der Waals surface area contributed by atoms with Gasteiger partial charge < -0.3 is 18.9 Å². The SMILES string of the molecule is COC(=O)[C@H]1C[C@@H](OCc2ccc(OC)cc2)CN1C(=O)OC(C)(C)C. The summed E-state index contributed by atoms with van der Waals surface area (Å²) >= 11 is 0. The zero-order chi connectivity index (χ0) is 19.3. The molecule has 0 N–H and O–H groups in total. The van der Waals surface area contributed by atoms with Gasteiger partial charge in [-0.25, -0.2) is 9.59 Å². The second kappa shape index (κ2) is 8.40. The third-order valence-corrected chi connectivity index (χ3v) is 4.01. The molecule has 7 nitrogen and oxygen atoms in total. The number of carbonyl (C=O) groups excluding carboxylic acids is 2. The summed E-state index contributed by atoms with van der Waals surface area (Å²) in [6.07, 6.45) is -0.431. The van der Waals surface area contributed by atoms with Crippen LogP contribution in [0.3, 0.4) is 0 Å². The maximum atomic E-state index is 12.4. The topological polar surface area (TPSA) is 74.3 Å². The minimum absolute atomic E-state index is 0.270. The zero-order valence-electron chi connectivity index (χ0n) is 16.0. The highest BCUT2D eigenvalue weighted by atomic mass is 16.6. The van der Waals surface area contributed by atoms with Crippen molar-refractivity contribution in [2.24, 2.45) is 0 Å². The van der Waals surface area contributed by atoms with Gasteiger partial charge in [0.05, 0.1) is 33.5 Å². The lowest BCUT2D eigenvalue weighted by molar-refractivity contribution is -0.145. The van der Waals surface area contributed by atoms with Crippen molar-refractivity contribution in [3.63, 3.8) is 0 Å². The van der Waals surface area contributed by atoms with Crippen LogP contribution in [0.2, 0.25) is 0 Å². The van der Waals surface area contributed by atoms with E-state index in [2.05, 4.69) is 0 Å². The van der Waals surface area contributed by atoms with Crippen LogP contribution in [-0.2, 0) is 25.6 Å². The van der Waals surface area contributed by atoms with E-state index in [0.717, 1.165) is 11.3 Å². The molecule has 1 amide bonds. The molecule has 2 rings (SSSR count). The lowest BCUT2D eigenvalue weighted by Gasteiger charge is -2.27. The Labute approximate surface area is 154 Å². The molecular formula is C19H27NO6. The highest BCUT2D eigenvalue weighted by molar-refractivity contribution is 5.82. The van der Waals surface area contributed by atoms with Crippen LogP contribution in [0.1, 0.15) is 32.8 Å². The lowest BCUT2D eigenvalue weighted by Crippen LogP contribution is -2.44. The summed E-state index contributed by atoms with van der Waals surface area (Å²) in [5.41, 5.74) is 0.343. The fraction of sp³-hybridized carbons (Fsp3) is 0.579. The van der Waals surface area contributed by atoms with E-state index >= 15 is 0 Å². The molecule has 1 aromatic rings. The van der Waals surface area contributed by atoms with Crippen molar-refractivity contribution in [2.45, 2.75) is 51.5 Å². The molecule has 0 aromatic heterocycles. The van der Waals surface area contributed by atoms with Gasteiger partial charge in [0.1, 0.15) is 17.4 Å². The van der Waals surface area contributed by atoms with Crippen LogP contribution in [0.4, 0.5) is 4.79 Å². The largest absolute Gasteiger partial charge is 0.497 e. The van der Waals surface area contributed by atoms with Crippen LogP contribution in [0, 0.1) is 0 Å². The van der Waals surface area contributed by atoms with E-state index in [0.29, 0.717) is 13.0 Å². The third-order valence-electron chi connectivity index (χ3n) is 4.01. The zero-order valence-corrected chi connectivity index (χ0v) is 16.0. The van der Waals surface area contributed by atoms with Crippen LogP contribution < -0.4 is 4.74 Å². The Morgan fingerprint density at radius 1 is 1.15 bits per heavy atom. The lowest BCUT2D eigenvalue weighted by atomic mass is 10.2. The molecule has 144 valence electrons. The van der Waals surface area contributed by atoms with Gasteiger partial charge in [-0.3, -0.25) is 4.90 Å². The van der Waals surface area contributed by atoms with Crippen LogP contribution in [-0.4, -0.2) is 55.5 Å². The van der Waals surface area contributed by atoms with E-state index in [-0.39, 0.29) is 12.6 Å². The molecule has 0 bridgehead atoms. The first-order valence-corrected chi connectivity index (χ1v) is 8.55. The molecule has 0 spiro atoms. The van der Waals surface area contributed by atoms with Crippen molar-refractivity contribution in [2.75, 3.05) is 20.8 Å².